The normalized spacial score (nSPS) is 10.4. The Morgan fingerprint density at radius 1 is 1.12 bits per heavy atom. The third-order valence-electron chi connectivity index (χ3n) is 3.50. The molecule has 0 aromatic heterocycles. The minimum absolute atomic E-state index is 0.0602. The fourth-order valence-electron chi connectivity index (χ4n) is 2.18. The maximum Gasteiger partial charge on any atom is 0.255 e. The molecule has 0 saturated heterocycles. The first-order valence-corrected chi connectivity index (χ1v) is 7.94. The SMILES string of the molecule is COc1ccc(C(=O)Nc2ccccc2C(=O)NCC(C)C)cc1F. The topological polar surface area (TPSA) is 67.4 Å². The zero-order chi connectivity index (χ0) is 18.4. The summed E-state index contributed by atoms with van der Waals surface area (Å²) in [6.07, 6.45) is 0. The Hall–Kier alpha value is -2.89. The van der Waals surface area contributed by atoms with Gasteiger partial charge in [0.25, 0.3) is 11.8 Å². The van der Waals surface area contributed by atoms with Crippen LogP contribution >= 0.6 is 0 Å². The van der Waals surface area contributed by atoms with Crippen molar-refractivity contribution in [1.29, 1.82) is 0 Å². The largest absolute Gasteiger partial charge is 0.494 e. The second-order valence-electron chi connectivity index (χ2n) is 5.95. The fraction of sp³-hybridized carbons (Fsp3) is 0.263. The number of carbonyl (C=O) groups excluding carboxylic acids is 2. The molecule has 0 bridgehead atoms. The Morgan fingerprint density at radius 2 is 1.84 bits per heavy atom. The number of para-hydroxylation sites is 1. The fourth-order valence-corrected chi connectivity index (χ4v) is 2.18. The molecule has 5 nitrogen and oxygen atoms in total. The lowest BCUT2D eigenvalue weighted by Gasteiger charge is -2.13. The van der Waals surface area contributed by atoms with Gasteiger partial charge >= 0.3 is 0 Å². The van der Waals surface area contributed by atoms with Crippen LogP contribution in [0.5, 0.6) is 5.75 Å². The first kappa shape index (κ1) is 18.4. The summed E-state index contributed by atoms with van der Waals surface area (Å²) >= 11 is 0. The summed E-state index contributed by atoms with van der Waals surface area (Å²) in [5.74, 6) is -1.03. The van der Waals surface area contributed by atoms with E-state index >= 15 is 0 Å². The van der Waals surface area contributed by atoms with Crippen molar-refractivity contribution in [3.05, 3.63) is 59.4 Å². The van der Waals surface area contributed by atoms with E-state index in [1.165, 1.54) is 19.2 Å². The monoisotopic (exact) mass is 344 g/mol. The molecule has 0 heterocycles. The molecule has 0 saturated carbocycles. The van der Waals surface area contributed by atoms with E-state index in [1.807, 2.05) is 13.8 Å². The second-order valence-corrected chi connectivity index (χ2v) is 5.95. The van der Waals surface area contributed by atoms with Gasteiger partial charge in [0.15, 0.2) is 11.6 Å². The summed E-state index contributed by atoms with van der Waals surface area (Å²) in [6, 6.07) is 10.6. The van der Waals surface area contributed by atoms with Gasteiger partial charge in [0.2, 0.25) is 0 Å². The Labute approximate surface area is 146 Å². The van der Waals surface area contributed by atoms with Crippen molar-refractivity contribution in [3.8, 4) is 5.75 Å². The van der Waals surface area contributed by atoms with Crippen molar-refractivity contribution in [2.45, 2.75) is 13.8 Å². The van der Waals surface area contributed by atoms with Crippen LogP contribution in [0.15, 0.2) is 42.5 Å². The lowest BCUT2D eigenvalue weighted by atomic mass is 10.1. The average molecular weight is 344 g/mol. The molecule has 2 N–H and O–H groups in total. The summed E-state index contributed by atoms with van der Waals surface area (Å²) in [5.41, 5.74) is 0.853. The van der Waals surface area contributed by atoms with Crippen LogP contribution in [0.25, 0.3) is 0 Å². The maximum atomic E-state index is 13.8. The van der Waals surface area contributed by atoms with E-state index in [-0.39, 0.29) is 17.2 Å². The first-order chi connectivity index (χ1) is 11.9. The molecular formula is C19H21FN2O3. The lowest BCUT2D eigenvalue weighted by molar-refractivity contribution is 0.0950. The minimum atomic E-state index is -0.627. The van der Waals surface area contributed by atoms with E-state index in [2.05, 4.69) is 10.6 Å². The van der Waals surface area contributed by atoms with Gasteiger partial charge in [-0.3, -0.25) is 9.59 Å². The highest BCUT2D eigenvalue weighted by atomic mass is 19.1. The molecule has 0 aliphatic rings. The van der Waals surface area contributed by atoms with Crippen LogP contribution in [0.4, 0.5) is 10.1 Å². The second kappa shape index (κ2) is 8.28. The van der Waals surface area contributed by atoms with Crippen LogP contribution in [-0.2, 0) is 0 Å². The molecule has 0 aliphatic heterocycles. The summed E-state index contributed by atoms with van der Waals surface area (Å²) in [6.45, 7) is 4.52. The molecule has 0 aliphatic carbocycles. The number of anilines is 1. The first-order valence-electron chi connectivity index (χ1n) is 7.94. The number of halogens is 1. The van der Waals surface area contributed by atoms with E-state index in [4.69, 9.17) is 4.74 Å². The zero-order valence-electron chi connectivity index (χ0n) is 14.4. The molecule has 0 atom stereocenters. The lowest BCUT2D eigenvalue weighted by Crippen LogP contribution is -2.28. The van der Waals surface area contributed by atoms with Gasteiger partial charge in [-0.15, -0.1) is 0 Å². The van der Waals surface area contributed by atoms with Crippen molar-refractivity contribution in [3.63, 3.8) is 0 Å². The number of hydrogen-bond donors (Lipinski definition) is 2. The van der Waals surface area contributed by atoms with Gasteiger partial charge in [-0.1, -0.05) is 26.0 Å². The number of nitrogens with one attached hydrogen (secondary N) is 2. The highest BCUT2D eigenvalue weighted by Crippen LogP contribution is 2.20. The Kier molecular flexibility index (Phi) is 6.11. The van der Waals surface area contributed by atoms with E-state index in [0.29, 0.717) is 23.7 Å². The van der Waals surface area contributed by atoms with Gasteiger partial charge in [-0.25, -0.2) is 4.39 Å². The molecule has 2 rings (SSSR count). The van der Waals surface area contributed by atoms with Crippen molar-refractivity contribution < 1.29 is 18.7 Å². The Bertz CT molecular complexity index is 775. The van der Waals surface area contributed by atoms with E-state index in [0.717, 1.165) is 6.07 Å². The highest BCUT2D eigenvalue weighted by molar-refractivity contribution is 6.09. The van der Waals surface area contributed by atoms with Gasteiger partial charge in [0.1, 0.15) is 0 Å². The molecule has 2 amide bonds. The molecule has 132 valence electrons. The Morgan fingerprint density at radius 3 is 2.48 bits per heavy atom. The van der Waals surface area contributed by atoms with E-state index in [9.17, 15) is 14.0 Å². The van der Waals surface area contributed by atoms with Crippen LogP contribution in [-0.4, -0.2) is 25.5 Å². The maximum absolute atomic E-state index is 13.8. The number of hydrogen-bond acceptors (Lipinski definition) is 3. The number of rotatable bonds is 6. The molecule has 2 aromatic rings. The third-order valence-corrected chi connectivity index (χ3v) is 3.50. The summed E-state index contributed by atoms with van der Waals surface area (Å²) < 4.78 is 18.6. The number of ether oxygens (including phenoxy) is 1. The minimum Gasteiger partial charge on any atom is -0.494 e. The predicted molar refractivity (Wildman–Crippen MR) is 94.5 cm³/mol. The molecule has 0 radical (unpaired) electrons. The standard InChI is InChI=1S/C19H21FN2O3/c1-12(2)11-21-19(24)14-6-4-5-7-16(14)22-18(23)13-8-9-17(25-3)15(20)10-13/h4-10,12H,11H2,1-3H3,(H,21,24)(H,22,23). The summed E-state index contributed by atoms with van der Waals surface area (Å²) in [4.78, 5) is 24.6. The summed E-state index contributed by atoms with van der Waals surface area (Å²) in [5, 5.41) is 5.46. The van der Waals surface area contributed by atoms with Gasteiger partial charge < -0.3 is 15.4 Å². The van der Waals surface area contributed by atoms with Crippen LogP contribution in [0.1, 0.15) is 34.6 Å². The number of methoxy groups -OCH3 is 1. The van der Waals surface area contributed by atoms with Crippen molar-refractivity contribution in [1.82, 2.24) is 5.32 Å². The molecular weight excluding hydrogens is 323 g/mol. The summed E-state index contributed by atoms with van der Waals surface area (Å²) in [7, 11) is 1.35. The third kappa shape index (κ3) is 4.79. The number of amides is 2. The quantitative estimate of drug-likeness (QED) is 0.843. The highest BCUT2D eigenvalue weighted by Gasteiger charge is 2.15. The van der Waals surface area contributed by atoms with Gasteiger partial charge in [-0.05, 0) is 36.2 Å². The van der Waals surface area contributed by atoms with Crippen molar-refractivity contribution in [2.24, 2.45) is 5.92 Å². The van der Waals surface area contributed by atoms with Gasteiger partial charge in [-0.2, -0.15) is 0 Å². The van der Waals surface area contributed by atoms with Crippen LogP contribution in [0.2, 0.25) is 0 Å². The van der Waals surface area contributed by atoms with Crippen molar-refractivity contribution >= 4 is 17.5 Å². The van der Waals surface area contributed by atoms with Crippen molar-refractivity contribution in [2.75, 3.05) is 19.0 Å². The average Bonchev–Trinajstić information content (AvgIpc) is 2.60. The molecule has 0 unspecified atom stereocenters. The molecule has 6 heteroatoms. The Balaban J connectivity index is 2.18. The predicted octanol–water partition coefficient (Wildman–Crippen LogP) is 3.47. The van der Waals surface area contributed by atoms with Gasteiger partial charge in [0, 0.05) is 12.1 Å². The number of benzene rings is 2. The molecule has 0 fully saturated rings. The van der Waals surface area contributed by atoms with Crippen LogP contribution in [0, 0.1) is 11.7 Å². The molecule has 2 aromatic carbocycles. The zero-order valence-corrected chi connectivity index (χ0v) is 14.4. The molecule has 25 heavy (non-hydrogen) atoms. The van der Waals surface area contributed by atoms with Crippen LogP contribution in [0.3, 0.4) is 0 Å². The van der Waals surface area contributed by atoms with Gasteiger partial charge in [0.05, 0.1) is 18.4 Å². The molecule has 0 spiro atoms. The van der Waals surface area contributed by atoms with E-state index in [1.54, 1.807) is 24.3 Å². The van der Waals surface area contributed by atoms with Crippen LogP contribution < -0.4 is 15.4 Å². The van der Waals surface area contributed by atoms with E-state index < -0.39 is 11.7 Å². The number of carbonyl (C=O) groups is 2. The smallest absolute Gasteiger partial charge is 0.255 e.